The summed E-state index contributed by atoms with van der Waals surface area (Å²) >= 11 is 3.14. The first-order valence-electron chi connectivity index (χ1n) is 8.17. The van der Waals surface area contributed by atoms with Crippen LogP contribution in [0.2, 0.25) is 0 Å². The van der Waals surface area contributed by atoms with Crippen LogP contribution in [0.15, 0.2) is 57.2 Å². The number of nitrogens with two attached hydrogens (primary N) is 1. The smallest absolute Gasteiger partial charge is 0.218 e. The molecule has 26 heavy (non-hydrogen) atoms. The van der Waals surface area contributed by atoms with E-state index in [-0.39, 0.29) is 11.2 Å². The number of aliphatic imine (C=N–C) groups is 1. The lowest BCUT2D eigenvalue weighted by Gasteiger charge is -2.17. The summed E-state index contributed by atoms with van der Waals surface area (Å²) in [5.74, 6) is -0.283. The third-order valence-corrected chi connectivity index (χ3v) is 6.18. The minimum absolute atomic E-state index is 0.130. The van der Waals surface area contributed by atoms with Gasteiger partial charge in [0.2, 0.25) is 5.91 Å². The Morgan fingerprint density at radius 2 is 2.35 bits per heavy atom. The Bertz CT molecular complexity index is 965. The van der Waals surface area contributed by atoms with Crippen molar-refractivity contribution >= 4 is 51.3 Å². The van der Waals surface area contributed by atoms with Gasteiger partial charge in [-0.25, -0.2) is 0 Å². The van der Waals surface area contributed by atoms with Crippen LogP contribution in [0.5, 0.6) is 0 Å². The SMILES string of the molecule is CN(Sc1ccco1)c1cccc2cc(C3=NCC(CC(N)=O)S3)[nH]c12. The number of para-hydroxylation sites is 1. The number of furan rings is 1. The summed E-state index contributed by atoms with van der Waals surface area (Å²) in [6.45, 7) is 0.624. The Hall–Kier alpha value is -2.32. The maximum absolute atomic E-state index is 11.1. The molecule has 2 aromatic heterocycles. The van der Waals surface area contributed by atoms with Gasteiger partial charge < -0.3 is 19.4 Å². The van der Waals surface area contributed by atoms with Gasteiger partial charge in [0.15, 0.2) is 5.09 Å². The van der Waals surface area contributed by atoms with Crippen molar-refractivity contribution in [2.45, 2.75) is 16.8 Å². The van der Waals surface area contributed by atoms with Crippen molar-refractivity contribution in [3.63, 3.8) is 0 Å². The molecular formula is C18H18N4O2S2. The molecule has 3 aromatic rings. The van der Waals surface area contributed by atoms with Crippen LogP contribution in [0.25, 0.3) is 10.9 Å². The predicted molar refractivity (Wildman–Crippen MR) is 108 cm³/mol. The zero-order valence-electron chi connectivity index (χ0n) is 14.1. The monoisotopic (exact) mass is 386 g/mol. The number of nitrogens with zero attached hydrogens (tertiary/aromatic N) is 2. The van der Waals surface area contributed by atoms with E-state index in [0.29, 0.717) is 13.0 Å². The molecule has 4 rings (SSSR count). The number of primary amides is 1. The molecule has 0 bridgehead atoms. The average Bonchev–Trinajstić information content (AvgIpc) is 3.33. The Kier molecular flexibility index (Phi) is 4.69. The Morgan fingerprint density at radius 1 is 1.46 bits per heavy atom. The molecule has 1 aliphatic heterocycles. The van der Waals surface area contributed by atoms with Crippen molar-refractivity contribution in [2.24, 2.45) is 10.7 Å². The number of fused-ring (bicyclic) bond motifs is 1. The van der Waals surface area contributed by atoms with Crippen LogP contribution in [-0.4, -0.2) is 34.8 Å². The van der Waals surface area contributed by atoms with E-state index in [2.05, 4.69) is 32.5 Å². The van der Waals surface area contributed by atoms with E-state index in [1.165, 1.54) is 11.9 Å². The molecule has 8 heteroatoms. The van der Waals surface area contributed by atoms with Gasteiger partial charge in [0, 0.05) is 36.1 Å². The van der Waals surface area contributed by atoms with Gasteiger partial charge in [-0.3, -0.25) is 9.79 Å². The van der Waals surface area contributed by atoms with Crippen LogP contribution >= 0.6 is 23.7 Å². The number of hydrogen-bond acceptors (Lipinski definition) is 6. The van der Waals surface area contributed by atoms with Gasteiger partial charge in [0.25, 0.3) is 0 Å². The zero-order chi connectivity index (χ0) is 18.1. The zero-order valence-corrected chi connectivity index (χ0v) is 15.8. The first-order valence-corrected chi connectivity index (χ1v) is 9.82. The molecule has 3 N–H and O–H groups in total. The third-order valence-electron chi connectivity index (χ3n) is 4.07. The quantitative estimate of drug-likeness (QED) is 0.632. The van der Waals surface area contributed by atoms with Crippen LogP contribution in [0, 0.1) is 0 Å². The molecule has 3 heterocycles. The van der Waals surface area contributed by atoms with E-state index >= 15 is 0 Å². The fourth-order valence-corrected chi connectivity index (χ4v) is 4.77. The molecular weight excluding hydrogens is 368 g/mol. The molecule has 6 nitrogen and oxygen atoms in total. The number of rotatable bonds is 6. The van der Waals surface area contributed by atoms with Crippen LogP contribution < -0.4 is 10.0 Å². The van der Waals surface area contributed by atoms with Crippen molar-refractivity contribution in [3.8, 4) is 0 Å². The van der Waals surface area contributed by atoms with Gasteiger partial charge in [-0.15, -0.1) is 0 Å². The molecule has 0 spiro atoms. The van der Waals surface area contributed by atoms with Crippen molar-refractivity contribution in [3.05, 3.63) is 48.4 Å². The molecule has 0 radical (unpaired) electrons. The minimum Gasteiger partial charge on any atom is -0.456 e. The van der Waals surface area contributed by atoms with Crippen molar-refractivity contribution in [1.82, 2.24) is 4.98 Å². The van der Waals surface area contributed by atoms with Crippen LogP contribution in [0.3, 0.4) is 0 Å². The normalized spacial score (nSPS) is 16.8. The molecule has 0 aliphatic carbocycles. The molecule has 1 aliphatic rings. The Labute approximate surface area is 159 Å². The third kappa shape index (κ3) is 3.47. The highest BCUT2D eigenvalue weighted by Crippen LogP contribution is 2.35. The molecule has 1 aromatic carbocycles. The fraction of sp³-hybridized carbons (Fsp3) is 0.222. The predicted octanol–water partition coefficient (Wildman–Crippen LogP) is 3.64. The maximum atomic E-state index is 11.1. The van der Waals surface area contributed by atoms with E-state index in [0.717, 1.165) is 32.4 Å². The average molecular weight is 387 g/mol. The highest BCUT2D eigenvalue weighted by molar-refractivity contribution is 8.15. The molecule has 1 atom stereocenters. The lowest BCUT2D eigenvalue weighted by atomic mass is 10.2. The second kappa shape index (κ2) is 7.13. The molecule has 0 saturated heterocycles. The van der Waals surface area contributed by atoms with E-state index in [1.54, 1.807) is 18.0 Å². The lowest BCUT2D eigenvalue weighted by Crippen LogP contribution is -2.18. The summed E-state index contributed by atoms with van der Waals surface area (Å²) in [5.41, 5.74) is 8.38. The number of carbonyl (C=O) groups excluding carboxylic acids is 1. The van der Waals surface area contributed by atoms with Gasteiger partial charge in [-0.05, 0) is 24.3 Å². The van der Waals surface area contributed by atoms with Crippen LogP contribution in [-0.2, 0) is 4.79 Å². The number of anilines is 1. The summed E-state index contributed by atoms with van der Waals surface area (Å²) in [7, 11) is 2.01. The van der Waals surface area contributed by atoms with Crippen LogP contribution in [0.4, 0.5) is 5.69 Å². The summed E-state index contributed by atoms with van der Waals surface area (Å²) in [5, 5.41) is 3.01. The number of carbonyl (C=O) groups is 1. The minimum atomic E-state index is -0.283. The van der Waals surface area contributed by atoms with Gasteiger partial charge in [-0.2, -0.15) is 0 Å². The second-order valence-corrected chi connectivity index (χ2v) is 8.42. The Morgan fingerprint density at radius 3 is 3.12 bits per heavy atom. The van der Waals surface area contributed by atoms with Crippen LogP contribution in [0.1, 0.15) is 12.1 Å². The number of aromatic amines is 1. The van der Waals surface area contributed by atoms with Gasteiger partial charge in [0.05, 0.1) is 29.7 Å². The Balaban J connectivity index is 1.59. The second-order valence-electron chi connectivity index (χ2n) is 6.00. The van der Waals surface area contributed by atoms with E-state index in [4.69, 9.17) is 10.2 Å². The largest absolute Gasteiger partial charge is 0.456 e. The van der Waals surface area contributed by atoms with Crippen molar-refractivity contribution in [2.75, 3.05) is 17.9 Å². The standard InChI is InChI=1S/C18H18N4O2S2/c1-22(26-16-6-3-7-24-16)14-5-2-4-11-8-13(21-17(11)14)18-20-10-12(25-18)9-15(19)23/h2-8,12,21H,9-10H2,1H3,(H2,19,23). The van der Waals surface area contributed by atoms with E-state index < -0.39 is 0 Å². The topological polar surface area (TPSA) is 87.6 Å². The molecule has 134 valence electrons. The highest BCUT2D eigenvalue weighted by atomic mass is 32.2. The number of aromatic nitrogens is 1. The van der Waals surface area contributed by atoms with Gasteiger partial charge >= 0.3 is 0 Å². The number of thioether (sulfide) groups is 1. The molecule has 0 saturated carbocycles. The molecule has 1 amide bonds. The van der Waals surface area contributed by atoms with Crippen molar-refractivity contribution in [1.29, 1.82) is 0 Å². The summed E-state index contributed by atoms with van der Waals surface area (Å²) in [6.07, 6.45) is 2.02. The van der Waals surface area contributed by atoms with E-state index in [1.807, 2.05) is 25.2 Å². The maximum Gasteiger partial charge on any atom is 0.218 e. The number of benzene rings is 1. The van der Waals surface area contributed by atoms with Gasteiger partial charge in [0.1, 0.15) is 5.04 Å². The number of hydrogen-bond donors (Lipinski definition) is 2. The van der Waals surface area contributed by atoms with E-state index in [9.17, 15) is 4.79 Å². The number of nitrogens with one attached hydrogen (secondary N) is 1. The first-order chi connectivity index (χ1) is 12.6. The first kappa shape index (κ1) is 17.1. The van der Waals surface area contributed by atoms with Gasteiger partial charge in [-0.1, -0.05) is 23.9 Å². The molecule has 1 unspecified atom stereocenters. The number of H-pyrrole nitrogens is 1. The highest BCUT2D eigenvalue weighted by Gasteiger charge is 2.24. The molecule has 0 fully saturated rings. The number of amides is 1. The summed E-state index contributed by atoms with van der Waals surface area (Å²) in [6, 6.07) is 12.1. The van der Waals surface area contributed by atoms with Crippen molar-refractivity contribution < 1.29 is 9.21 Å². The lowest BCUT2D eigenvalue weighted by molar-refractivity contribution is -0.117. The fourth-order valence-electron chi connectivity index (χ4n) is 2.91. The summed E-state index contributed by atoms with van der Waals surface area (Å²) < 4.78 is 7.49. The summed E-state index contributed by atoms with van der Waals surface area (Å²) in [4.78, 5) is 19.2.